The lowest BCUT2D eigenvalue weighted by molar-refractivity contribution is -0.152. The van der Waals surface area contributed by atoms with Crippen LogP contribution < -0.4 is 10.6 Å². The number of anilines is 1. The number of carbonyl (C=O) groups excluding carboxylic acids is 3. The molecule has 146 valence electrons. The molecule has 2 atom stereocenters. The molecule has 2 aliphatic carbocycles. The van der Waals surface area contributed by atoms with Crippen LogP contribution in [0.1, 0.15) is 62.7 Å². The van der Waals surface area contributed by atoms with Crippen LogP contribution >= 0.6 is 0 Å². The summed E-state index contributed by atoms with van der Waals surface area (Å²) < 4.78 is 5.23. The van der Waals surface area contributed by atoms with Crippen molar-refractivity contribution in [3.63, 3.8) is 0 Å². The minimum atomic E-state index is -0.950. The van der Waals surface area contributed by atoms with Gasteiger partial charge in [0.05, 0.1) is 6.61 Å². The smallest absolute Gasteiger partial charge is 0.331 e. The molecular weight excluding hydrogens is 344 g/mol. The third-order valence-corrected chi connectivity index (χ3v) is 5.56. The summed E-state index contributed by atoms with van der Waals surface area (Å²) in [6.45, 7) is 4.10. The van der Waals surface area contributed by atoms with Gasteiger partial charge in [-0.25, -0.2) is 4.79 Å². The first-order valence-corrected chi connectivity index (χ1v) is 9.86. The minimum Gasteiger partial charge on any atom is -0.464 e. The van der Waals surface area contributed by atoms with Gasteiger partial charge in [-0.15, -0.1) is 0 Å². The molecule has 3 rings (SSSR count). The molecule has 0 bridgehead atoms. The highest BCUT2D eigenvalue weighted by molar-refractivity contribution is 6.00. The molecule has 0 radical (unpaired) electrons. The SMILES string of the molecule is CCOC(=O)C1(NC(=O)c2cccc(NC(=O)C3CC3C)c2)CCCCC1. The maximum atomic E-state index is 12.8. The molecule has 0 heterocycles. The van der Waals surface area contributed by atoms with Crippen molar-refractivity contribution in [3.05, 3.63) is 29.8 Å². The molecule has 0 aliphatic heterocycles. The maximum absolute atomic E-state index is 12.8. The zero-order valence-corrected chi connectivity index (χ0v) is 16.0. The van der Waals surface area contributed by atoms with Gasteiger partial charge in [0, 0.05) is 17.2 Å². The molecule has 1 aromatic rings. The Kier molecular flexibility index (Phi) is 5.82. The van der Waals surface area contributed by atoms with Crippen LogP contribution in [0.3, 0.4) is 0 Å². The predicted octanol–water partition coefficient (Wildman–Crippen LogP) is 3.28. The topological polar surface area (TPSA) is 84.5 Å². The fourth-order valence-electron chi connectivity index (χ4n) is 3.75. The fourth-order valence-corrected chi connectivity index (χ4v) is 3.75. The quantitative estimate of drug-likeness (QED) is 0.751. The number of ether oxygens (including phenoxy) is 1. The summed E-state index contributed by atoms with van der Waals surface area (Å²) in [5, 5.41) is 5.80. The first kappa shape index (κ1) is 19.4. The second kappa shape index (κ2) is 8.11. The number of hydrogen-bond donors (Lipinski definition) is 2. The number of hydrogen-bond acceptors (Lipinski definition) is 4. The molecule has 6 nitrogen and oxygen atoms in total. The Labute approximate surface area is 160 Å². The first-order chi connectivity index (χ1) is 12.9. The number of rotatable bonds is 6. The number of amides is 2. The van der Waals surface area contributed by atoms with Gasteiger partial charge >= 0.3 is 5.97 Å². The normalized spacial score (nSPS) is 23.2. The zero-order valence-electron chi connectivity index (χ0n) is 16.0. The van der Waals surface area contributed by atoms with Gasteiger partial charge in [0.15, 0.2) is 0 Å². The van der Waals surface area contributed by atoms with E-state index in [1.807, 2.05) is 6.92 Å². The summed E-state index contributed by atoms with van der Waals surface area (Å²) >= 11 is 0. The largest absolute Gasteiger partial charge is 0.464 e. The van der Waals surface area contributed by atoms with Crippen molar-refractivity contribution in [2.24, 2.45) is 11.8 Å². The summed E-state index contributed by atoms with van der Waals surface area (Å²) in [5.41, 5.74) is 0.0695. The molecule has 2 fully saturated rings. The van der Waals surface area contributed by atoms with E-state index in [4.69, 9.17) is 4.74 Å². The third-order valence-electron chi connectivity index (χ3n) is 5.56. The Balaban J connectivity index is 1.71. The van der Waals surface area contributed by atoms with Crippen LogP contribution in [0.2, 0.25) is 0 Å². The van der Waals surface area contributed by atoms with E-state index in [1.54, 1.807) is 31.2 Å². The van der Waals surface area contributed by atoms with Crippen LogP contribution in [0.5, 0.6) is 0 Å². The summed E-state index contributed by atoms with van der Waals surface area (Å²) in [4.78, 5) is 37.5. The Morgan fingerprint density at radius 3 is 2.52 bits per heavy atom. The van der Waals surface area contributed by atoms with Crippen molar-refractivity contribution in [3.8, 4) is 0 Å². The molecule has 0 aromatic heterocycles. The van der Waals surface area contributed by atoms with Gasteiger partial charge in [0.1, 0.15) is 5.54 Å². The predicted molar refractivity (Wildman–Crippen MR) is 102 cm³/mol. The fraction of sp³-hybridized carbons (Fsp3) is 0.571. The molecular formula is C21H28N2O4. The van der Waals surface area contributed by atoms with Crippen molar-refractivity contribution in [1.82, 2.24) is 5.32 Å². The summed E-state index contributed by atoms with van der Waals surface area (Å²) in [7, 11) is 0. The zero-order chi connectivity index (χ0) is 19.4. The molecule has 2 N–H and O–H groups in total. The molecule has 2 aliphatic rings. The Hall–Kier alpha value is -2.37. The average Bonchev–Trinajstić information content (AvgIpc) is 3.40. The lowest BCUT2D eigenvalue weighted by Gasteiger charge is -2.35. The molecule has 27 heavy (non-hydrogen) atoms. The van der Waals surface area contributed by atoms with E-state index in [1.165, 1.54) is 0 Å². The van der Waals surface area contributed by atoms with E-state index >= 15 is 0 Å². The van der Waals surface area contributed by atoms with Crippen LogP contribution in [0.25, 0.3) is 0 Å². The lowest BCUT2D eigenvalue weighted by atomic mass is 9.81. The van der Waals surface area contributed by atoms with E-state index in [0.717, 1.165) is 25.7 Å². The molecule has 2 saturated carbocycles. The van der Waals surface area contributed by atoms with Crippen LogP contribution in [0.15, 0.2) is 24.3 Å². The first-order valence-electron chi connectivity index (χ1n) is 9.86. The van der Waals surface area contributed by atoms with Crippen molar-refractivity contribution in [2.75, 3.05) is 11.9 Å². The highest BCUT2D eigenvalue weighted by Gasteiger charge is 2.42. The van der Waals surface area contributed by atoms with Gasteiger partial charge in [-0.05, 0) is 50.3 Å². The highest BCUT2D eigenvalue weighted by Crippen LogP contribution is 2.38. The Bertz CT molecular complexity index is 725. The minimum absolute atomic E-state index is 0.00432. The van der Waals surface area contributed by atoms with Crippen LogP contribution in [0.4, 0.5) is 5.69 Å². The van der Waals surface area contributed by atoms with Gasteiger partial charge in [-0.3, -0.25) is 9.59 Å². The molecule has 1 aromatic carbocycles. The molecule has 2 unspecified atom stereocenters. The van der Waals surface area contributed by atoms with Crippen molar-refractivity contribution in [1.29, 1.82) is 0 Å². The van der Waals surface area contributed by atoms with Gasteiger partial charge in [-0.2, -0.15) is 0 Å². The highest BCUT2D eigenvalue weighted by atomic mass is 16.5. The van der Waals surface area contributed by atoms with Crippen LogP contribution in [-0.4, -0.2) is 29.9 Å². The molecule has 6 heteroatoms. The number of esters is 1. The van der Waals surface area contributed by atoms with E-state index in [2.05, 4.69) is 10.6 Å². The van der Waals surface area contributed by atoms with Crippen LogP contribution in [-0.2, 0) is 14.3 Å². The average molecular weight is 372 g/mol. The second-order valence-corrected chi connectivity index (χ2v) is 7.71. The van der Waals surface area contributed by atoms with Crippen molar-refractivity contribution in [2.45, 2.75) is 57.9 Å². The molecule has 2 amide bonds. The van der Waals surface area contributed by atoms with E-state index in [-0.39, 0.29) is 30.3 Å². The second-order valence-electron chi connectivity index (χ2n) is 7.71. The summed E-state index contributed by atoms with van der Waals surface area (Å²) in [6, 6.07) is 6.84. The number of benzene rings is 1. The maximum Gasteiger partial charge on any atom is 0.331 e. The van der Waals surface area contributed by atoms with Crippen molar-refractivity contribution >= 4 is 23.5 Å². The molecule has 0 saturated heterocycles. The third kappa shape index (κ3) is 4.49. The van der Waals surface area contributed by atoms with E-state index < -0.39 is 5.54 Å². The van der Waals surface area contributed by atoms with Crippen molar-refractivity contribution < 1.29 is 19.1 Å². The van der Waals surface area contributed by atoms with E-state index in [0.29, 0.717) is 30.0 Å². The Morgan fingerprint density at radius 1 is 1.19 bits per heavy atom. The van der Waals surface area contributed by atoms with E-state index in [9.17, 15) is 14.4 Å². The van der Waals surface area contributed by atoms with Gasteiger partial charge in [0.2, 0.25) is 5.91 Å². The summed E-state index contributed by atoms with van der Waals surface area (Å²) in [5.74, 6) is -0.189. The monoisotopic (exact) mass is 372 g/mol. The van der Waals surface area contributed by atoms with Gasteiger partial charge in [0.25, 0.3) is 5.91 Å². The van der Waals surface area contributed by atoms with Gasteiger partial charge in [-0.1, -0.05) is 32.3 Å². The summed E-state index contributed by atoms with van der Waals surface area (Å²) in [6.07, 6.45) is 4.91. The van der Waals surface area contributed by atoms with Crippen LogP contribution in [0, 0.1) is 11.8 Å². The number of nitrogens with one attached hydrogen (secondary N) is 2. The molecule has 0 spiro atoms. The number of carbonyl (C=O) groups is 3. The standard InChI is InChI=1S/C21H28N2O4/c1-3-27-20(26)21(10-5-4-6-11-21)23-18(24)15-8-7-9-16(13-15)22-19(25)17-12-14(17)2/h7-9,13-14,17H,3-6,10-12H2,1-2H3,(H,22,25)(H,23,24). The lowest BCUT2D eigenvalue weighted by Crippen LogP contribution is -2.56. The Morgan fingerprint density at radius 2 is 1.89 bits per heavy atom. The van der Waals surface area contributed by atoms with Gasteiger partial charge < -0.3 is 15.4 Å².